The van der Waals surface area contributed by atoms with Crippen LogP contribution in [-0.4, -0.2) is 24.8 Å². The second-order valence-corrected chi connectivity index (χ2v) is 4.78. The zero-order valence-electron chi connectivity index (χ0n) is 10.7. The molecule has 1 heterocycles. The van der Waals surface area contributed by atoms with Crippen LogP contribution in [-0.2, 0) is 6.54 Å². The smallest absolute Gasteiger partial charge is 0.140 e. The molecule has 1 saturated carbocycles. The molecular formula is C13H23N3O. The van der Waals surface area contributed by atoms with Crippen LogP contribution in [0.1, 0.15) is 50.0 Å². The summed E-state index contributed by atoms with van der Waals surface area (Å²) in [5.41, 5.74) is 1.04. The monoisotopic (exact) mass is 237 g/mol. The van der Waals surface area contributed by atoms with E-state index in [0.29, 0.717) is 5.92 Å². The van der Waals surface area contributed by atoms with Crippen LogP contribution in [0.3, 0.4) is 0 Å². The molecule has 1 aromatic rings. The Morgan fingerprint density at radius 3 is 2.88 bits per heavy atom. The molecule has 0 aliphatic heterocycles. The van der Waals surface area contributed by atoms with Gasteiger partial charge < -0.3 is 15.2 Å². The van der Waals surface area contributed by atoms with E-state index in [4.69, 9.17) is 4.52 Å². The van der Waals surface area contributed by atoms with E-state index in [1.807, 2.05) is 0 Å². The van der Waals surface area contributed by atoms with Gasteiger partial charge in [-0.3, -0.25) is 0 Å². The molecular weight excluding hydrogens is 214 g/mol. The van der Waals surface area contributed by atoms with Gasteiger partial charge in [0.1, 0.15) is 5.76 Å². The van der Waals surface area contributed by atoms with Crippen molar-refractivity contribution < 1.29 is 4.52 Å². The first-order chi connectivity index (χ1) is 8.40. The molecule has 1 aliphatic rings. The van der Waals surface area contributed by atoms with Crippen molar-refractivity contribution in [3.8, 4) is 0 Å². The highest BCUT2D eigenvalue weighted by atomic mass is 16.5. The quantitative estimate of drug-likeness (QED) is 0.645. The van der Waals surface area contributed by atoms with Crippen LogP contribution in [0.15, 0.2) is 10.6 Å². The summed E-state index contributed by atoms with van der Waals surface area (Å²) in [5.74, 6) is 1.74. The molecule has 0 radical (unpaired) electrons. The van der Waals surface area contributed by atoms with E-state index in [2.05, 4.69) is 28.8 Å². The van der Waals surface area contributed by atoms with E-state index >= 15 is 0 Å². The Kier molecular flexibility index (Phi) is 5.01. The van der Waals surface area contributed by atoms with Crippen molar-refractivity contribution in [3.05, 3.63) is 17.5 Å². The molecule has 1 fully saturated rings. The highest BCUT2D eigenvalue weighted by molar-refractivity contribution is 5.14. The van der Waals surface area contributed by atoms with Gasteiger partial charge >= 0.3 is 0 Å². The van der Waals surface area contributed by atoms with Gasteiger partial charge in [0.15, 0.2) is 0 Å². The van der Waals surface area contributed by atoms with E-state index in [1.54, 1.807) is 0 Å². The minimum Gasteiger partial charge on any atom is -0.361 e. The van der Waals surface area contributed by atoms with E-state index in [0.717, 1.165) is 44.1 Å². The third-order valence-electron chi connectivity index (χ3n) is 3.00. The molecule has 0 bridgehead atoms. The summed E-state index contributed by atoms with van der Waals surface area (Å²) in [7, 11) is 0. The van der Waals surface area contributed by atoms with Crippen molar-refractivity contribution in [2.45, 2.75) is 45.1 Å². The maximum absolute atomic E-state index is 5.30. The van der Waals surface area contributed by atoms with Gasteiger partial charge in [0, 0.05) is 18.5 Å². The van der Waals surface area contributed by atoms with Crippen LogP contribution in [0.5, 0.6) is 0 Å². The molecule has 0 atom stereocenters. The molecule has 0 amide bonds. The molecule has 0 unspecified atom stereocenters. The average Bonchev–Trinajstić information content (AvgIpc) is 3.09. The van der Waals surface area contributed by atoms with Crippen molar-refractivity contribution in [2.24, 2.45) is 0 Å². The van der Waals surface area contributed by atoms with Crippen molar-refractivity contribution in [1.29, 1.82) is 0 Å². The normalized spacial score (nSPS) is 15.4. The second kappa shape index (κ2) is 6.77. The van der Waals surface area contributed by atoms with Gasteiger partial charge in [-0.2, -0.15) is 0 Å². The summed E-state index contributed by atoms with van der Waals surface area (Å²) in [4.78, 5) is 0. The fourth-order valence-corrected chi connectivity index (χ4v) is 1.83. The van der Waals surface area contributed by atoms with Crippen molar-refractivity contribution in [2.75, 3.05) is 19.6 Å². The van der Waals surface area contributed by atoms with Crippen LogP contribution < -0.4 is 10.6 Å². The third-order valence-corrected chi connectivity index (χ3v) is 3.00. The molecule has 4 nitrogen and oxygen atoms in total. The van der Waals surface area contributed by atoms with Crippen LogP contribution in [0.4, 0.5) is 0 Å². The summed E-state index contributed by atoms with van der Waals surface area (Å²) in [5, 5.41) is 10.8. The van der Waals surface area contributed by atoms with E-state index in [9.17, 15) is 0 Å². The molecule has 96 valence electrons. The Morgan fingerprint density at radius 2 is 2.12 bits per heavy atom. The van der Waals surface area contributed by atoms with Crippen LogP contribution in [0, 0.1) is 0 Å². The molecule has 4 heteroatoms. The van der Waals surface area contributed by atoms with Gasteiger partial charge in [-0.15, -0.1) is 0 Å². The lowest BCUT2D eigenvalue weighted by Crippen LogP contribution is -2.22. The minimum atomic E-state index is 0.662. The zero-order valence-corrected chi connectivity index (χ0v) is 10.7. The van der Waals surface area contributed by atoms with Gasteiger partial charge in [0.2, 0.25) is 0 Å². The molecule has 2 rings (SSSR count). The second-order valence-electron chi connectivity index (χ2n) is 4.78. The fraction of sp³-hybridized carbons (Fsp3) is 0.769. The van der Waals surface area contributed by atoms with E-state index in [1.165, 1.54) is 19.3 Å². The standard InChI is InChI=1S/C13H23N3O/c1-2-6-14-7-3-8-15-10-12-9-13(17-16-12)11-4-5-11/h9,11,14-15H,2-8,10H2,1H3. The van der Waals surface area contributed by atoms with E-state index < -0.39 is 0 Å². The Balaban J connectivity index is 1.52. The number of nitrogens with zero attached hydrogens (tertiary/aromatic N) is 1. The lowest BCUT2D eigenvalue weighted by atomic mass is 10.3. The third kappa shape index (κ3) is 4.48. The predicted molar refractivity (Wildman–Crippen MR) is 68.0 cm³/mol. The number of aromatic nitrogens is 1. The number of nitrogens with one attached hydrogen (secondary N) is 2. The first-order valence-electron chi connectivity index (χ1n) is 6.77. The molecule has 17 heavy (non-hydrogen) atoms. The van der Waals surface area contributed by atoms with Gasteiger partial charge in [0.25, 0.3) is 0 Å². The summed E-state index contributed by atoms with van der Waals surface area (Å²) in [6.45, 7) is 6.25. The van der Waals surface area contributed by atoms with Gasteiger partial charge in [-0.25, -0.2) is 0 Å². The van der Waals surface area contributed by atoms with Crippen molar-refractivity contribution in [3.63, 3.8) is 0 Å². The zero-order chi connectivity index (χ0) is 11.9. The highest BCUT2D eigenvalue weighted by Crippen LogP contribution is 2.40. The summed E-state index contributed by atoms with van der Waals surface area (Å²) in [6, 6.07) is 2.10. The SMILES string of the molecule is CCCNCCCNCc1cc(C2CC2)on1. The van der Waals surface area contributed by atoms with E-state index in [-0.39, 0.29) is 0 Å². The van der Waals surface area contributed by atoms with Gasteiger partial charge in [-0.1, -0.05) is 12.1 Å². The Hall–Kier alpha value is -0.870. The fourth-order valence-electron chi connectivity index (χ4n) is 1.83. The predicted octanol–water partition coefficient (Wildman–Crippen LogP) is 2.03. The Labute approximate surface area is 103 Å². The molecule has 0 saturated heterocycles. The van der Waals surface area contributed by atoms with Crippen LogP contribution >= 0.6 is 0 Å². The van der Waals surface area contributed by atoms with Crippen LogP contribution in [0.2, 0.25) is 0 Å². The molecule has 1 aromatic heterocycles. The summed E-state index contributed by atoms with van der Waals surface area (Å²) >= 11 is 0. The van der Waals surface area contributed by atoms with Crippen molar-refractivity contribution >= 4 is 0 Å². The maximum atomic E-state index is 5.30. The van der Waals surface area contributed by atoms with Crippen LogP contribution in [0.25, 0.3) is 0 Å². The lowest BCUT2D eigenvalue weighted by Gasteiger charge is -2.03. The largest absolute Gasteiger partial charge is 0.361 e. The van der Waals surface area contributed by atoms with Gasteiger partial charge in [0.05, 0.1) is 5.69 Å². The lowest BCUT2D eigenvalue weighted by molar-refractivity contribution is 0.376. The first kappa shape index (κ1) is 12.6. The molecule has 1 aliphatic carbocycles. The van der Waals surface area contributed by atoms with Gasteiger partial charge in [-0.05, 0) is 45.3 Å². The molecule has 2 N–H and O–H groups in total. The van der Waals surface area contributed by atoms with Crippen molar-refractivity contribution in [1.82, 2.24) is 15.8 Å². The number of hydrogen-bond acceptors (Lipinski definition) is 4. The molecule has 0 spiro atoms. The first-order valence-corrected chi connectivity index (χ1v) is 6.77. The Bertz CT molecular complexity index is 320. The maximum Gasteiger partial charge on any atom is 0.140 e. The average molecular weight is 237 g/mol. The minimum absolute atomic E-state index is 0.662. The Morgan fingerprint density at radius 1 is 1.29 bits per heavy atom. The summed E-state index contributed by atoms with van der Waals surface area (Å²) in [6.07, 6.45) is 4.90. The molecule has 0 aromatic carbocycles. The number of hydrogen-bond donors (Lipinski definition) is 2. The highest BCUT2D eigenvalue weighted by Gasteiger charge is 2.27. The topological polar surface area (TPSA) is 50.1 Å². The summed E-state index contributed by atoms with van der Waals surface area (Å²) < 4.78 is 5.30. The number of rotatable bonds is 9.